The summed E-state index contributed by atoms with van der Waals surface area (Å²) in [4.78, 5) is 0. The van der Waals surface area contributed by atoms with Crippen molar-refractivity contribution in [1.29, 1.82) is 0 Å². The van der Waals surface area contributed by atoms with E-state index in [0.717, 1.165) is 24.3 Å². The van der Waals surface area contributed by atoms with Crippen molar-refractivity contribution in [1.82, 2.24) is 10.6 Å². The van der Waals surface area contributed by atoms with Crippen molar-refractivity contribution in [2.75, 3.05) is 13.7 Å². The van der Waals surface area contributed by atoms with Gasteiger partial charge in [0, 0.05) is 18.7 Å². The second-order valence-electron chi connectivity index (χ2n) is 5.60. The quantitative estimate of drug-likeness (QED) is 0.795. The number of hydrogen-bond acceptors (Lipinski definition) is 2. The molecule has 0 aromatic heterocycles. The van der Waals surface area contributed by atoms with E-state index in [-0.39, 0.29) is 0 Å². The summed E-state index contributed by atoms with van der Waals surface area (Å²) in [6.45, 7) is 5.74. The number of nitrogens with one attached hydrogen (secondary N) is 2. The highest BCUT2D eigenvalue weighted by atomic mass is 32.1. The molecule has 0 heterocycles. The Bertz CT molecular complexity index is 670. The molecule has 0 unspecified atom stereocenters. The van der Waals surface area contributed by atoms with E-state index >= 15 is 0 Å². The Balaban J connectivity index is 1.77. The maximum atomic E-state index is 5.34. The molecule has 0 bridgehead atoms. The molecular weight excluding hydrogens is 304 g/mol. The Morgan fingerprint density at radius 2 is 1.83 bits per heavy atom. The van der Waals surface area contributed by atoms with E-state index in [2.05, 4.69) is 42.7 Å². The van der Waals surface area contributed by atoms with Crippen LogP contribution in [0, 0.1) is 13.8 Å². The highest BCUT2D eigenvalue weighted by molar-refractivity contribution is 7.80. The smallest absolute Gasteiger partial charge is 0.166 e. The van der Waals surface area contributed by atoms with Crippen molar-refractivity contribution < 1.29 is 4.74 Å². The normalized spacial score (nSPS) is 10.2. The third-order valence-electron chi connectivity index (χ3n) is 3.81. The Hall–Kier alpha value is -2.07. The zero-order valence-corrected chi connectivity index (χ0v) is 14.8. The van der Waals surface area contributed by atoms with Gasteiger partial charge in [-0.1, -0.05) is 42.0 Å². The number of hydrogen-bond donors (Lipinski definition) is 2. The maximum absolute atomic E-state index is 5.34. The van der Waals surface area contributed by atoms with Crippen LogP contribution in [0.5, 0.6) is 5.75 Å². The Kier molecular flexibility index (Phi) is 6.41. The van der Waals surface area contributed by atoms with Gasteiger partial charge in [-0.3, -0.25) is 0 Å². The SMILES string of the molecule is COc1ccccc1CNC(=S)NCCc1ccc(C)cc1C. The lowest BCUT2D eigenvalue weighted by atomic mass is 10.0. The molecule has 2 aromatic carbocycles. The van der Waals surface area contributed by atoms with E-state index in [1.807, 2.05) is 24.3 Å². The minimum Gasteiger partial charge on any atom is -0.496 e. The molecule has 0 aliphatic rings. The third-order valence-corrected chi connectivity index (χ3v) is 4.10. The lowest BCUT2D eigenvalue weighted by molar-refractivity contribution is 0.409. The van der Waals surface area contributed by atoms with Crippen LogP contribution in [0.15, 0.2) is 42.5 Å². The molecule has 3 nitrogen and oxygen atoms in total. The zero-order chi connectivity index (χ0) is 16.7. The topological polar surface area (TPSA) is 33.3 Å². The second-order valence-corrected chi connectivity index (χ2v) is 6.01. The van der Waals surface area contributed by atoms with Crippen molar-refractivity contribution in [3.8, 4) is 5.75 Å². The van der Waals surface area contributed by atoms with Gasteiger partial charge < -0.3 is 15.4 Å². The van der Waals surface area contributed by atoms with Gasteiger partial charge in [0.25, 0.3) is 0 Å². The van der Waals surface area contributed by atoms with Crippen LogP contribution in [0.25, 0.3) is 0 Å². The van der Waals surface area contributed by atoms with E-state index < -0.39 is 0 Å². The largest absolute Gasteiger partial charge is 0.496 e. The molecule has 23 heavy (non-hydrogen) atoms. The molecule has 0 spiro atoms. The van der Waals surface area contributed by atoms with Crippen molar-refractivity contribution in [3.05, 3.63) is 64.7 Å². The minimum atomic E-state index is 0.652. The number of benzene rings is 2. The molecule has 4 heteroatoms. The second kappa shape index (κ2) is 8.53. The van der Waals surface area contributed by atoms with Crippen LogP contribution in [0.4, 0.5) is 0 Å². The van der Waals surface area contributed by atoms with Crippen LogP contribution in [-0.2, 0) is 13.0 Å². The van der Waals surface area contributed by atoms with E-state index in [4.69, 9.17) is 17.0 Å². The van der Waals surface area contributed by atoms with Gasteiger partial charge >= 0.3 is 0 Å². The van der Waals surface area contributed by atoms with E-state index in [0.29, 0.717) is 11.7 Å². The number of para-hydroxylation sites is 1. The number of methoxy groups -OCH3 is 1. The molecule has 0 aliphatic heterocycles. The highest BCUT2D eigenvalue weighted by Crippen LogP contribution is 2.16. The first-order valence-corrected chi connectivity index (χ1v) is 8.20. The predicted molar refractivity (Wildman–Crippen MR) is 100 cm³/mol. The summed E-state index contributed by atoms with van der Waals surface area (Å²) < 4.78 is 5.34. The first-order valence-electron chi connectivity index (χ1n) is 7.80. The van der Waals surface area contributed by atoms with Crippen LogP contribution in [0.2, 0.25) is 0 Å². The zero-order valence-electron chi connectivity index (χ0n) is 14.0. The van der Waals surface area contributed by atoms with Crippen LogP contribution < -0.4 is 15.4 Å². The molecule has 0 fully saturated rings. The maximum Gasteiger partial charge on any atom is 0.166 e. The average Bonchev–Trinajstić information content (AvgIpc) is 2.55. The standard InChI is InChI=1S/C19H24N2OS/c1-14-8-9-16(15(2)12-14)10-11-20-19(23)21-13-17-6-4-5-7-18(17)22-3/h4-9,12H,10-11,13H2,1-3H3,(H2,20,21,23). The van der Waals surface area contributed by atoms with Crippen LogP contribution >= 0.6 is 12.2 Å². The number of rotatable bonds is 6. The van der Waals surface area contributed by atoms with Gasteiger partial charge in [0.2, 0.25) is 0 Å². The molecule has 0 saturated heterocycles. The van der Waals surface area contributed by atoms with Crippen LogP contribution in [0.3, 0.4) is 0 Å². The van der Waals surface area contributed by atoms with Gasteiger partial charge in [-0.2, -0.15) is 0 Å². The summed E-state index contributed by atoms with van der Waals surface area (Å²) in [6.07, 6.45) is 0.961. The summed E-state index contributed by atoms with van der Waals surface area (Å²) in [5.74, 6) is 0.873. The van der Waals surface area contributed by atoms with E-state index in [9.17, 15) is 0 Å². The Labute approximate surface area is 144 Å². The van der Waals surface area contributed by atoms with E-state index in [1.165, 1.54) is 16.7 Å². The van der Waals surface area contributed by atoms with Gasteiger partial charge in [0.05, 0.1) is 7.11 Å². The third kappa shape index (κ3) is 5.25. The van der Waals surface area contributed by atoms with Gasteiger partial charge in [-0.25, -0.2) is 0 Å². The summed E-state index contributed by atoms with van der Waals surface area (Å²) in [5, 5.41) is 7.15. The lowest BCUT2D eigenvalue weighted by Gasteiger charge is -2.13. The molecule has 0 saturated carbocycles. The van der Waals surface area contributed by atoms with Gasteiger partial charge in [-0.05, 0) is 49.7 Å². The number of aryl methyl sites for hydroxylation is 2. The van der Waals surface area contributed by atoms with Crippen molar-refractivity contribution in [3.63, 3.8) is 0 Å². The molecule has 2 aromatic rings. The summed E-state index contributed by atoms with van der Waals surface area (Å²) >= 11 is 5.34. The first-order chi connectivity index (χ1) is 11.1. The van der Waals surface area contributed by atoms with Gasteiger partial charge in [0.1, 0.15) is 5.75 Å². The first kappa shape index (κ1) is 17.3. The van der Waals surface area contributed by atoms with Crippen LogP contribution in [0.1, 0.15) is 22.3 Å². The van der Waals surface area contributed by atoms with Crippen LogP contribution in [-0.4, -0.2) is 18.8 Å². The highest BCUT2D eigenvalue weighted by Gasteiger charge is 2.03. The molecule has 122 valence electrons. The minimum absolute atomic E-state index is 0.652. The number of thiocarbonyl (C=S) groups is 1. The molecule has 0 amide bonds. The number of ether oxygens (including phenoxy) is 1. The van der Waals surface area contributed by atoms with E-state index in [1.54, 1.807) is 7.11 Å². The lowest BCUT2D eigenvalue weighted by Crippen LogP contribution is -2.36. The summed E-state index contributed by atoms with van der Waals surface area (Å²) in [7, 11) is 1.68. The van der Waals surface area contributed by atoms with Gasteiger partial charge in [-0.15, -0.1) is 0 Å². The fourth-order valence-electron chi connectivity index (χ4n) is 2.52. The van der Waals surface area contributed by atoms with Gasteiger partial charge in [0.15, 0.2) is 5.11 Å². The average molecular weight is 328 g/mol. The molecule has 2 N–H and O–H groups in total. The molecule has 0 radical (unpaired) electrons. The van der Waals surface area contributed by atoms with Crippen molar-refractivity contribution >= 4 is 17.3 Å². The summed E-state index contributed by atoms with van der Waals surface area (Å²) in [6, 6.07) is 14.5. The molecular formula is C19H24N2OS. The molecule has 0 atom stereocenters. The Morgan fingerprint density at radius 3 is 2.57 bits per heavy atom. The van der Waals surface area contributed by atoms with Crippen molar-refractivity contribution in [2.24, 2.45) is 0 Å². The monoisotopic (exact) mass is 328 g/mol. The Morgan fingerprint density at radius 1 is 1.04 bits per heavy atom. The molecule has 0 aliphatic carbocycles. The predicted octanol–water partition coefficient (Wildman–Crippen LogP) is 3.52. The molecule has 2 rings (SSSR count). The van der Waals surface area contributed by atoms with Crippen molar-refractivity contribution in [2.45, 2.75) is 26.8 Å². The fourth-order valence-corrected chi connectivity index (χ4v) is 2.70. The summed E-state index contributed by atoms with van der Waals surface area (Å²) in [5.41, 5.74) is 5.08. The fraction of sp³-hybridized carbons (Fsp3) is 0.316.